The van der Waals surface area contributed by atoms with E-state index in [4.69, 9.17) is 14.7 Å². The monoisotopic (exact) mass is 542 g/mol. The first kappa shape index (κ1) is 25.1. The zero-order valence-corrected chi connectivity index (χ0v) is 22.8. The van der Waals surface area contributed by atoms with Gasteiger partial charge < -0.3 is 4.74 Å². The molecule has 1 fully saturated rings. The molecule has 0 aliphatic carbocycles. The Hall–Kier alpha value is -4.89. The van der Waals surface area contributed by atoms with E-state index >= 15 is 0 Å². The highest BCUT2D eigenvalue weighted by molar-refractivity contribution is 5.81. The van der Waals surface area contributed by atoms with E-state index < -0.39 is 0 Å². The van der Waals surface area contributed by atoms with E-state index in [0.717, 1.165) is 72.2 Å². The maximum absolute atomic E-state index is 5.39. The lowest BCUT2D eigenvalue weighted by atomic mass is 9.95. The lowest BCUT2D eigenvalue weighted by Crippen LogP contribution is -2.32. The van der Waals surface area contributed by atoms with Gasteiger partial charge in [-0.2, -0.15) is 5.10 Å². The van der Waals surface area contributed by atoms with E-state index in [2.05, 4.69) is 61.6 Å². The molecule has 2 aromatic carbocycles. The number of imidazole rings is 1. The number of methoxy groups -OCH3 is 1. The number of ether oxygens (including phenoxy) is 1. The average Bonchev–Trinajstić information content (AvgIpc) is 3.68. The molecule has 0 bridgehead atoms. The number of pyridine rings is 1. The number of aromatic amines is 1. The smallest absolute Gasteiger partial charge is 0.231 e. The molecule has 0 atom stereocenters. The summed E-state index contributed by atoms with van der Waals surface area (Å²) in [6.45, 7) is 2.95. The summed E-state index contributed by atoms with van der Waals surface area (Å²) >= 11 is 0. The molecule has 0 spiro atoms. The Morgan fingerprint density at radius 1 is 0.854 bits per heavy atom. The normalized spacial score (nSPS) is 14.5. The second kappa shape index (κ2) is 10.9. The van der Waals surface area contributed by atoms with Gasteiger partial charge in [0.05, 0.1) is 12.8 Å². The predicted molar refractivity (Wildman–Crippen MR) is 157 cm³/mol. The van der Waals surface area contributed by atoms with Crippen molar-refractivity contribution in [2.24, 2.45) is 0 Å². The van der Waals surface area contributed by atoms with Crippen molar-refractivity contribution < 1.29 is 4.74 Å². The van der Waals surface area contributed by atoms with Crippen LogP contribution in [0.3, 0.4) is 0 Å². The third-order valence-electron chi connectivity index (χ3n) is 7.71. The first-order chi connectivity index (χ1) is 20.2. The minimum atomic E-state index is 0.386. The summed E-state index contributed by atoms with van der Waals surface area (Å²) < 4.78 is 7.26. The van der Waals surface area contributed by atoms with Gasteiger partial charge in [-0.25, -0.2) is 14.5 Å². The lowest BCUT2D eigenvalue weighted by molar-refractivity contribution is 0.202. The quantitative estimate of drug-likeness (QED) is 0.279. The van der Waals surface area contributed by atoms with Crippen LogP contribution < -0.4 is 4.74 Å². The van der Waals surface area contributed by atoms with Crippen LogP contribution in [0.5, 0.6) is 5.88 Å². The van der Waals surface area contributed by atoms with Gasteiger partial charge in [-0.05, 0) is 49.7 Å². The Kier molecular flexibility index (Phi) is 6.70. The molecule has 204 valence electrons. The molecule has 1 aliphatic heterocycles. The van der Waals surface area contributed by atoms with Crippen LogP contribution in [0, 0.1) is 0 Å². The number of hydrogen-bond acceptors (Lipinski definition) is 7. The Morgan fingerprint density at radius 2 is 1.66 bits per heavy atom. The number of fused-ring (bicyclic) bond motifs is 1. The van der Waals surface area contributed by atoms with Crippen molar-refractivity contribution in [1.29, 1.82) is 0 Å². The van der Waals surface area contributed by atoms with Crippen LogP contribution in [0.2, 0.25) is 0 Å². The van der Waals surface area contributed by atoms with Crippen LogP contribution in [0.4, 0.5) is 0 Å². The fraction of sp³-hybridized carbons (Fsp3) is 0.219. The number of nitrogens with zero attached hydrogens (tertiary/aromatic N) is 7. The topological polar surface area (TPSA) is 97.1 Å². The number of nitrogens with one attached hydrogen (secondary N) is 1. The van der Waals surface area contributed by atoms with Gasteiger partial charge in [0, 0.05) is 35.9 Å². The molecule has 7 rings (SSSR count). The largest absolute Gasteiger partial charge is 0.480 e. The molecule has 0 radical (unpaired) electrons. The summed E-state index contributed by atoms with van der Waals surface area (Å²) in [5.41, 5.74) is 6.84. The first-order valence-electron chi connectivity index (χ1n) is 13.9. The van der Waals surface area contributed by atoms with Gasteiger partial charge in [0.15, 0.2) is 11.5 Å². The van der Waals surface area contributed by atoms with Crippen molar-refractivity contribution in [1.82, 2.24) is 39.7 Å². The van der Waals surface area contributed by atoms with Crippen molar-refractivity contribution in [3.05, 3.63) is 103 Å². The molecule has 41 heavy (non-hydrogen) atoms. The summed E-state index contributed by atoms with van der Waals surface area (Å²) in [4.78, 5) is 16.6. The van der Waals surface area contributed by atoms with Crippen molar-refractivity contribution in [2.75, 3.05) is 20.2 Å². The molecule has 0 saturated carbocycles. The van der Waals surface area contributed by atoms with E-state index in [1.165, 1.54) is 5.56 Å². The van der Waals surface area contributed by atoms with Crippen LogP contribution in [-0.4, -0.2) is 59.9 Å². The molecule has 1 aliphatic rings. The van der Waals surface area contributed by atoms with Crippen molar-refractivity contribution in [3.8, 4) is 39.9 Å². The number of H-pyrrole nitrogens is 1. The molecule has 1 N–H and O–H groups in total. The highest BCUT2D eigenvalue weighted by atomic mass is 16.5. The molecular formula is C32H30N8O. The SMILES string of the molecule is COc1ccc2nc(-c3ccc(CN4CCC(c5nc(-c6ccccn6)n[nH]5)CC4)cc3)c(-c3ccccc3)n2n1. The average molecular weight is 543 g/mol. The number of benzene rings is 2. The second-order valence-corrected chi connectivity index (χ2v) is 10.3. The van der Waals surface area contributed by atoms with E-state index in [1.54, 1.807) is 13.3 Å². The zero-order chi connectivity index (χ0) is 27.6. The Labute approximate surface area is 237 Å². The minimum Gasteiger partial charge on any atom is -0.480 e. The third-order valence-corrected chi connectivity index (χ3v) is 7.71. The molecule has 1 saturated heterocycles. The highest BCUT2D eigenvalue weighted by Crippen LogP contribution is 2.33. The fourth-order valence-corrected chi connectivity index (χ4v) is 5.54. The first-order valence-corrected chi connectivity index (χ1v) is 13.9. The van der Waals surface area contributed by atoms with Crippen LogP contribution in [0.1, 0.15) is 30.1 Å². The summed E-state index contributed by atoms with van der Waals surface area (Å²) in [7, 11) is 1.63. The van der Waals surface area contributed by atoms with Crippen LogP contribution >= 0.6 is 0 Å². The molecule has 5 heterocycles. The fourth-order valence-electron chi connectivity index (χ4n) is 5.54. The van der Waals surface area contributed by atoms with Gasteiger partial charge in [0.2, 0.25) is 5.88 Å². The van der Waals surface area contributed by atoms with Crippen molar-refractivity contribution in [2.45, 2.75) is 25.3 Å². The number of piperidine rings is 1. The van der Waals surface area contributed by atoms with Crippen LogP contribution in [-0.2, 0) is 6.54 Å². The van der Waals surface area contributed by atoms with Crippen molar-refractivity contribution >= 4 is 5.65 Å². The number of likely N-dealkylation sites (tertiary alicyclic amines) is 1. The lowest BCUT2D eigenvalue weighted by Gasteiger charge is -2.30. The molecule has 0 amide bonds. The summed E-state index contributed by atoms with van der Waals surface area (Å²) in [5.74, 6) is 2.56. The Balaban J connectivity index is 1.06. The third kappa shape index (κ3) is 5.07. The summed E-state index contributed by atoms with van der Waals surface area (Å²) in [6, 6.07) is 28.6. The molecule has 4 aromatic heterocycles. The van der Waals surface area contributed by atoms with Crippen LogP contribution in [0.15, 0.2) is 91.1 Å². The summed E-state index contributed by atoms with van der Waals surface area (Å²) in [6.07, 6.45) is 3.87. The molecular weight excluding hydrogens is 512 g/mol. The van der Waals surface area contributed by atoms with Gasteiger partial charge in [-0.3, -0.25) is 15.0 Å². The van der Waals surface area contributed by atoms with E-state index in [1.807, 2.05) is 53.0 Å². The molecule has 9 heteroatoms. The van der Waals surface area contributed by atoms with E-state index in [9.17, 15) is 0 Å². The minimum absolute atomic E-state index is 0.386. The number of aromatic nitrogens is 7. The maximum Gasteiger partial charge on any atom is 0.231 e. The number of rotatable bonds is 7. The second-order valence-electron chi connectivity index (χ2n) is 10.3. The van der Waals surface area contributed by atoms with E-state index in [-0.39, 0.29) is 0 Å². The molecule has 0 unspecified atom stereocenters. The standard InChI is InChI=1S/C32H30N8O/c1-41-28-15-14-27-34-29(30(40(27)38-28)24-7-3-2-4-8-24)23-12-10-22(11-13-23)21-39-19-16-25(17-20-39)31-35-32(37-36-31)26-9-5-6-18-33-26/h2-15,18,25H,16-17,19-21H2,1H3,(H,35,36,37). The van der Waals surface area contributed by atoms with E-state index in [0.29, 0.717) is 17.6 Å². The Bertz CT molecular complexity index is 1750. The molecule has 6 aromatic rings. The Morgan fingerprint density at radius 3 is 2.41 bits per heavy atom. The van der Waals surface area contributed by atoms with Gasteiger partial charge in [0.1, 0.15) is 17.2 Å². The van der Waals surface area contributed by atoms with Crippen LogP contribution in [0.25, 0.3) is 39.7 Å². The molecule has 9 nitrogen and oxygen atoms in total. The van der Waals surface area contributed by atoms with Gasteiger partial charge in [-0.15, -0.1) is 5.10 Å². The van der Waals surface area contributed by atoms with Crippen molar-refractivity contribution in [3.63, 3.8) is 0 Å². The van der Waals surface area contributed by atoms with Gasteiger partial charge in [-0.1, -0.05) is 60.7 Å². The number of hydrogen-bond donors (Lipinski definition) is 1. The summed E-state index contributed by atoms with van der Waals surface area (Å²) in [5, 5.41) is 12.2. The maximum atomic E-state index is 5.39. The van der Waals surface area contributed by atoms with Gasteiger partial charge >= 0.3 is 0 Å². The highest BCUT2D eigenvalue weighted by Gasteiger charge is 2.24. The van der Waals surface area contributed by atoms with Gasteiger partial charge in [0.25, 0.3) is 0 Å². The zero-order valence-electron chi connectivity index (χ0n) is 22.8. The predicted octanol–water partition coefficient (Wildman–Crippen LogP) is 5.63.